The van der Waals surface area contributed by atoms with Crippen LogP contribution in [0.25, 0.3) is 0 Å². The van der Waals surface area contributed by atoms with Crippen LogP contribution in [0.1, 0.15) is 44.9 Å². The van der Waals surface area contributed by atoms with Crippen LogP contribution in [0.15, 0.2) is 24.3 Å². The average Bonchev–Trinajstić information content (AvgIpc) is 2.75. The summed E-state index contributed by atoms with van der Waals surface area (Å²) < 4.78 is 11.4. The first-order valence-corrected chi connectivity index (χ1v) is 6.40. The highest BCUT2D eigenvalue weighted by molar-refractivity contribution is 5.33. The zero-order valence-corrected chi connectivity index (χ0v) is 11.6. The Labute approximate surface area is 109 Å². The maximum Gasteiger partial charge on any atom is 0.192 e. The van der Waals surface area contributed by atoms with Gasteiger partial charge in [0.05, 0.1) is 19.3 Å². The third-order valence-electron chi connectivity index (χ3n) is 3.40. The Balaban J connectivity index is 2.43. The minimum atomic E-state index is -0.733. The Morgan fingerprint density at radius 2 is 1.72 bits per heavy atom. The Morgan fingerprint density at radius 3 is 2.28 bits per heavy atom. The Bertz CT molecular complexity index is 414. The van der Waals surface area contributed by atoms with Crippen molar-refractivity contribution in [2.75, 3.05) is 13.2 Å². The van der Waals surface area contributed by atoms with E-state index < -0.39 is 11.9 Å². The molecule has 1 aliphatic rings. The molecule has 0 bridgehead atoms. The van der Waals surface area contributed by atoms with Crippen molar-refractivity contribution in [3.05, 3.63) is 35.4 Å². The van der Waals surface area contributed by atoms with Crippen LogP contribution in [0, 0.1) is 5.41 Å². The first kappa shape index (κ1) is 13.5. The van der Waals surface area contributed by atoms with Crippen molar-refractivity contribution < 1.29 is 14.6 Å². The maximum atomic E-state index is 10.5. The number of ether oxygens (including phenoxy) is 2. The molecular formula is C15H22O3. The summed E-state index contributed by atoms with van der Waals surface area (Å²) in [5.74, 6) is -0.733. The Morgan fingerprint density at radius 1 is 1.17 bits per heavy atom. The van der Waals surface area contributed by atoms with Gasteiger partial charge in [-0.1, -0.05) is 45.0 Å². The highest BCUT2D eigenvalue weighted by atomic mass is 16.7. The fraction of sp³-hybridized carbons (Fsp3) is 0.600. The molecule has 1 N–H and O–H groups in total. The fourth-order valence-corrected chi connectivity index (χ4v) is 2.29. The monoisotopic (exact) mass is 250 g/mol. The lowest BCUT2D eigenvalue weighted by Crippen LogP contribution is -2.27. The summed E-state index contributed by atoms with van der Waals surface area (Å²) >= 11 is 0. The van der Waals surface area contributed by atoms with E-state index in [1.807, 2.05) is 52.0 Å². The first-order chi connectivity index (χ1) is 8.34. The van der Waals surface area contributed by atoms with E-state index in [1.165, 1.54) is 0 Å². The predicted octanol–water partition coefficient (Wildman–Crippen LogP) is 2.99. The van der Waals surface area contributed by atoms with Crippen molar-refractivity contribution >= 4 is 0 Å². The van der Waals surface area contributed by atoms with Gasteiger partial charge in [0.15, 0.2) is 5.79 Å². The first-order valence-electron chi connectivity index (χ1n) is 6.40. The number of aliphatic hydroxyl groups is 1. The van der Waals surface area contributed by atoms with Crippen LogP contribution >= 0.6 is 0 Å². The normalized spacial score (nSPS) is 20.9. The molecule has 18 heavy (non-hydrogen) atoms. The molecule has 1 heterocycles. The smallest absolute Gasteiger partial charge is 0.192 e. The van der Waals surface area contributed by atoms with Gasteiger partial charge in [-0.3, -0.25) is 0 Å². The summed E-state index contributed by atoms with van der Waals surface area (Å²) in [4.78, 5) is 0. The standard InChI is InChI=1S/C15H22O3/c1-14(2,3)13(16)11-7-5-6-8-12(11)15(4)17-9-10-18-15/h5-8,13,16H,9-10H2,1-4H3. The Kier molecular flexibility index (Phi) is 3.49. The molecule has 0 saturated carbocycles. The molecule has 0 aromatic heterocycles. The molecule has 0 amide bonds. The lowest BCUT2D eigenvalue weighted by molar-refractivity contribution is -0.151. The van der Waals surface area contributed by atoms with Crippen LogP contribution in [0.2, 0.25) is 0 Å². The zero-order valence-electron chi connectivity index (χ0n) is 11.6. The molecule has 1 aromatic carbocycles. The van der Waals surface area contributed by atoms with Gasteiger partial charge < -0.3 is 14.6 Å². The molecule has 3 heteroatoms. The van der Waals surface area contributed by atoms with E-state index in [2.05, 4.69) is 0 Å². The summed E-state index contributed by atoms with van der Waals surface area (Å²) in [5, 5.41) is 10.5. The summed E-state index contributed by atoms with van der Waals surface area (Å²) in [5.41, 5.74) is 1.59. The van der Waals surface area contributed by atoms with Crippen molar-refractivity contribution in [3.8, 4) is 0 Å². The molecule has 1 aromatic rings. The second kappa shape index (κ2) is 4.65. The summed E-state index contributed by atoms with van der Waals surface area (Å²) in [6.07, 6.45) is -0.543. The van der Waals surface area contributed by atoms with Gasteiger partial charge in [-0.15, -0.1) is 0 Å². The molecule has 1 atom stereocenters. The molecule has 3 nitrogen and oxygen atoms in total. The van der Waals surface area contributed by atoms with Crippen molar-refractivity contribution in [2.24, 2.45) is 5.41 Å². The zero-order chi connectivity index (χ0) is 13.4. The predicted molar refractivity (Wildman–Crippen MR) is 70.1 cm³/mol. The lowest BCUT2D eigenvalue weighted by atomic mass is 9.82. The van der Waals surface area contributed by atoms with Crippen LogP contribution < -0.4 is 0 Å². The second-order valence-corrected chi connectivity index (χ2v) is 6.00. The number of rotatable bonds is 2. The molecule has 0 radical (unpaired) electrons. The van der Waals surface area contributed by atoms with Gasteiger partial charge in [0.25, 0.3) is 0 Å². The van der Waals surface area contributed by atoms with E-state index in [9.17, 15) is 5.11 Å². The fourth-order valence-electron chi connectivity index (χ4n) is 2.29. The minimum Gasteiger partial charge on any atom is -0.388 e. The molecular weight excluding hydrogens is 228 g/mol. The number of hydrogen-bond donors (Lipinski definition) is 1. The van der Waals surface area contributed by atoms with E-state index in [1.54, 1.807) is 0 Å². The molecule has 1 fully saturated rings. The molecule has 1 saturated heterocycles. The average molecular weight is 250 g/mol. The largest absolute Gasteiger partial charge is 0.388 e. The van der Waals surface area contributed by atoms with E-state index in [0.29, 0.717) is 13.2 Å². The van der Waals surface area contributed by atoms with Crippen molar-refractivity contribution in [1.82, 2.24) is 0 Å². The van der Waals surface area contributed by atoms with E-state index in [-0.39, 0.29) is 5.41 Å². The minimum absolute atomic E-state index is 0.217. The van der Waals surface area contributed by atoms with Crippen LogP contribution in [0.3, 0.4) is 0 Å². The third-order valence-corrected chi connectivity index (χ3v) is 3.40. The molecule has 2 rings (SSSR count). The summed E-state index contributed by atoms with van der Waals surface area (Å²) in [7, 11) is 0. The van der Waals surface area contributed by atoms with Crippen molar-refractivity contribution in [2.45, 2.75) is 39.6 Å². The molecule has 0 aliphatic carbocycles. The number of hydrogen-bond acceptors (Lipinski definition) is 3. The molecule has 0 spiro atoms. The summed E-state index contributed by atoms with van der Waals surface area (Å²) in [6.45, 7) is 9.16. The van der Waals surface area contributed by atoms with E-state index in [4.69, 9.17) is 9.47 Å². The highest BCUT2D eigenvalue weighted by Crippen LogP contribution is 2.40. The van der Waals surface area contributed by atoms with Crippen LogP contribution in [0.5, 0.6) is 0 Å². The highest BCUT2D eigenvalue weighted by Gasteiger charge is 2.37. The van der Waals surface area contributed by atoms with Crippen molar-refractivity contribution in [1.29, 1.82) is 0 Å². The maximum absolute atomic E-state index is 10.5. The number of aliphatic hydroxyl groups excluding tert-OH is 1. The summed E-state index contributed by atoms with van der Waals surface area (Å²) in [6, 6.07) is 7.80. The number of benzene rings is 1. The lowest BCUT2D eigenvalue weighted by Gasteiger charge is -2.32. The van der Waals surface area contributed by atoms with Gasteiger partial charge in [0, 0.05) is 5.56 Å². The van der Waals surface area contributed by atoms with Gasteiger partial charge >= 0.3 is 0 Å². The topological polar surface area (TPSA) is 38.7 Å². The van der Waals surface area contributed by atoms with Crippen LogP contribution in [-0.2, 0) is 15.3 Å². The Hall–Kier alpha value is -0.900. The van der Waals surface area contributed by atoms with Crippen molar-refractivity contribution in [3.63, 3.8) is 0 Å². The van der Waals surface area contributed by atoms with Gasteiger partial charge in [-0.25, -0.2) is 0 Å². The van der Waals surface area contributed by atoms with Gasteiger partial charge in [0.1, 0.15) is 0 Å². The van der Waals surface area contributed by atoms with Gasteiger partial charge in [-0.2, -0.15) is 0 Å². The van der Waals surface area contributed by atoms with Crippen LogP contribution in [-0.4, -0.2) is 18.3 Å². The second-order valence-electron chi connectivity index (χ2n) is 6.00. The SMILES string of the molecule is CC1(c2ccccc2C(O)C(C)(C)C)OCCO1. The quantitative estimate of drug-likeness (QED) is 0.877. The van der Waals surface area contributed by atoms with E-state index in [0.717, 1.165) is 11.1 Å². The van der Waals surface area contributed by atoms with Gasteiger partial charge in [-0.05, 0) is 17.9 Å². The molecule has 1 unspecified atom stereocenters. The van der Waals surface area contributed by atoms with Gasteiger partial charge in [0.2, 0.25) is 0 Å². The molecule has 100 valence electrons. The third kappa shape index (κ3) is 2.44. The van der Waals surface area contributed by atoms with Crippen LogP contribution in [0.4, 0.5) is 0 Å². The molecule has 1 aliphatic heterocycles. The van der Waals surface area contributed by atoms with E-state index >= 15 is 0 Å².